The van der Waals surface area contributed by atoms with Gasteiger partial charge in [0.05, 0.1) is 43.4 Å². The third kappa shape index (κ3) is 4.33. The zero-order valence-electron chi connectivity index (χ0n) is 21.2. The number of hydrogen-bond acceptors (Lipinski definition) is 11. The van der Waals surface area contributed by atoms with Gasteiger partial charge in [-0.25, -0.2) is 15.0 Å². The summed E-state index contributed by atoms with van der Waals surface area (Å²) in [5.41, 5.74) is 1.83. The number of guanidine groups is 1. The molecule has 194 valence electrons. The van der Waals surface area contributed by atoms with Gasteiger partial charge >= 0.3 is 0 Å². The molecule has 0 unspecified atom stereocenters. The summed E-state index contributed by atoms with van der Waals surface area (Å²) in [6, 6.07) is 4.82. The van der Waals surface area contributed by atoms with Crippen LogP contribution in [-0.2, 0) is 4.74 Å². The third-order valence-corrected chi connectivity index (χ3v) is 8.56. The highest BCUT2D eigenvalue weighted by molar-refractivity contribution is 6.02. The predicted molar refractivity (Wildman–Crippen MR) is 142 cm³/mol. The minimum atomic E-state index is -0.0253. The van der Waals surface area contributed by atoms with Crippen molar-refractivity contribution in [1.29, 1.82) is 0 Å². The van der Waals surface area contributed by atoms with E-state index >= 15 is 0 Å². The Morgan fingerprint density at radius 2 is 1.76 bits per heavy atom. The number of fused-ring (bicyclic) bond motifs is 4. The lowest BCUT2D eigenvalue weighted by Crippen LogP contribution is -2.51. The second kappa shape index (κ2) is 9.60. The second-order valence-electron chi connectivity index (χ2n) is 10.7. The van der Waals surface area contributed by atoms with Gasteiger partial charge in [0.1, 0.15) is 11.5 Å². The lowest BCUT2D eigenvalue weighted by molar-refractivity contribution is 0.0115. The molecular formula is C26H34N10O. The van der Waals surface area contributed by atoms with E-state index in [-0.39, 0.29) is 5.54 Å². The normalized spacial score (nSPS) is 23.6. The largest absolute Gasteiger partial charge is 0.379 e. The molecule has 37 heavy (non-hydrogen) atoms. The monoisotopic (exact) mass is 502 g/mol. The fourth-order valence-corrected chi connectivity index (χ4v) is 6.51. The van der Waals surface area contributed by atoms with Crippen LogP contribution in [0.3, 0.4) is 0 Å². The molecule has 1 saturated carbocycles. The topological polar surface area (TPSA) is 107 Å². The first-order chi connectivity index (χ1) is 18.3. The average molecular weight is 503 g/mol. The highest BCUT2D eigenvalue weighted by Gasteiger charge is 2.47. The molecule has 3 fully saturated rings. The van der Waals surface area contributed by atoms with Crippen molar-refractivity contribution in [3.63, 3.8) is 0 Å². The van der Waals surface area contributed by atoms with Gasteiger partial charge in [0.25, 0.3) is 0 Å². The van der Waals surface area contributed by atoms with Gasteiger partial charge in [-0.1, -0.05) is 19.3 Å². The number of aliphatic imine (C=N–C) groups is 1. The van der Waals surface area contributed by atoms with Gasteiger partial charge in [0, 0.05) is 32.2 Å². The molecule has 6 heterocycles. The Morgan fingerprint density at radius 3 is 2.54 bits per heavy atom. The van der Waals surface area contributed by atoms with E-state index in [4.69, 9.17) is 14.7 Å². The summed E-state index contributed by atoms with van der Waals surface area (Å²) in [6.07, 6.45) is 12.0. The summed E-state index contributed by atoms with van der Waals surface area (Å²) < 4.78 is 5.52. The van der Waals surface area contributed by atoms with E-state index in [1.807, 2.05) is 12.3 Å². The number of nitrogens with one attached hydrogen (secondary N) is 1. The lowest BCUT2D eigenvalue weighted by atomic mass is 9.81. The molecule has 2 aromatic heterocycles. The number of ether oxygens (including phenoxy) is 1. The summed E-state index contributed by atoms with van der Waals surface area (Å²) in [6.45, 7) is 6.73. The van der Waals surface area contributed by atoms with E-state index in [1.54, 1.807) is 6.20 Å². The maximum absolute atomic E-state index is 5.52. The molecule has 0 amide bonds. The quantitative estimate of drug-likeness (QED) is 0.671. The molecule has 2 saturated heterocycles. The van der Waals surface area contributed by atoms with Crippen molar-refractivity contribution in [2.24, 2.45) is 15.2 Å². The van der Waals surface area contributed by atoms with Crippen molar-refractivity contribution < 1.29 is 4.74 Å². The summed E-state index contributed by atoms with van der Waals surface area (Å²) >= 11 is 0. The van der Waals surface area contributed by atoms with Crippen LogP contribution < -0.4 is 15.1 Å². The van der Waals surface area contributed by atoms with Crippen LogP contribution in [0.15, 0.2) is 39.7 Å². The molecule has 11 heteroatoms. The van der Waals surface area contributed by atoms with Crippen molar-refractivity contribution in [3.05, 3.63) is 24.5 Å². The van der Waals surface area contributed by atoms with Gasteiger partial charge < -0.3 is 15.0 Å². The summed E-state index contributed by atoms with van der Waals surface area (Å²) in [5.74, 6) is 2.72. The second-order valence-corrected chi connectivity index (χ2v) is 10.7. The Kier molecular flexibility index (Phi) is 5.96. The zero-order chi connectivity index (χ0) is 24.7. The van der Waals surface area contributed by atoms with Crippen LogP contribution in [0.4, 0.5) is 29.0 Å². The first-order valence-electron chi connectivity index (χ1n) is 13.7. The van der Waals surface area contributed by atoms with Gasteiger partial charge in [0.2, 0.25) is 11.9 Å². The Hall–Kier alpha value is -3.18. The molecular weight excluding hydrogens is 468 g/mol. The molecule has 4 aliphatic heterocycles. The Balaban J connectivity index is 1.03. The first-order valence-corrected chi connectivity index (χ1v) is 13.7. The lowest BCUT2D eigenvalue weighted by Gasteiger charge is -2.42. The molecule has 0 aromatic carbocycles. The minimum Gasteiger partial charge on any atom is -0.379 e. The van der Waals surface area contributed by atoms with Gasteiger partial charge in [0.15, 0.2) is 5.82 Å². The molecule has 0 radical (unpaired) electrons. The number of anilines is 4. The number of azo groups is 1. The highest BCUT2D eigenvalue weighted by Crippen LogP contribution is 2.45. The maximum atomic E-state index is 5.52. The van der Waals surface area contributed by atoms with E-state index in [9.17, 15) is 0 Å². The molecule has 7 rings (SSSR count). The molecule has 2 aromatic rings. The van der Waals surface area contributed by atoms with Crippen LogP contribution in [-0.4, -0.2) is 83.3 Å². The van der Waals surface area contributed by atoms with E-state index < -0.39 is 0 Å². The number of hydrogen-bond donors (Lipinski definition) is 1. The summed E-state index contributed by atoms with van der Waals surface area (Å²) in [7, 11) is 0. The van der Waals surface area contributed by atoms with Crippen molar-refractivity contribution in [2.75, 3.05) is 61.1 Å². The number of nitrogens with zero attached hydrogens (tertiary/aromatic N) is 9. The standard InChI is InChI=1S/C26H34N10O/c1-2-8-26(9-3-1)18-29-25-33-32-21-17-28-24(31-23(21)36(25)26)30-22-5-4-20(16-27-22)34-10-6-19(7-11-34)35-12-14-37-15-13-35/h4-5,16-17,19H,1-3,6-15,18H2,(H,27,28,30,31). The Morgan fingerprint density at radius 1 is 0.919 bits per heavy atom. The van der Waals surface area contributed by atoms with E-state index in [2.05, 4.69) is 46.3 Å². The van der Waals surface area contributed by atoms with Gasteiger partial charge in [-0.05, 0) is 37.8 Å². The number of pyridine rings is 1. The molecule has 1 aliphatic carbocycles. The maximum Gasteiger partial charge on any atom is 0.247 e. The van der Waals surface area contributed by atoms with Crippen molar-refractivity contribution in [1.82, 2.24) is 19.9 Å². The van der Waals surface area contributed by atoms with E-state index in [0.717, 1.165) is 76.1 Å². The smallest absolute Gasteiger partial charge is 0.247 e. The number of piperidine rings is 1. The summed E-state index contributed by atoms with van der Waals surface area (Å²) in [5, 5.41) is 12.0. The number of aromatic nitrogens is 3. The SMILES string of the molecule is c1cc(Nc2ncc3c(n2)N2C(=NCC24CCCCC4)N=N3)ncc1N1CCC(N2CCOCC2)CC1. The van der Waals surface area contributed by atoms with Crippen LogP contribution in [0.2, 0.25) is 0 Å². The van der Waals surface area contributed by atoms with Crippen LogP contribution in [0, 0.1) is 0 Å². The van der Waals surface area contributed by atoms with Crippen LogP contribution >= 0.6 is 0 Å². The molecule has 1 spiro atoms. The van der Waals surface area contributed by atoms with Gasteiger partial charge in [-0.3, -0.25) is 9.80 Å². The molecule has 1 N–H and O–H groups in total. The fraction of sp³-hybridized carbons (Fsp3) is 0.615. The van der Waals surface area contributed by atoms with Gasteiger partial charge in [-0.15, -0.1) is 10.2 Å². The van der Waals surface area contributed by atoms with E-state index in [1.165, 1.54) is 32.1 Å². The van der Waals surface area contributed by atoms with Gasteiger partial charge in [-0.2, -0.15) is 4.98 Å². The van der Waals surface area contributed by atoms with E-state index in [0.29, 0.717) is 23.6 Å². The average Bonchev–Trinajstić information content (AvgIpc) is 3.32. The summed E-state index contributed by atoms with van der Waals surface area (Å²) in [4.78, 5) is 26.0. The first kappa shape index (κ1) is 23.0. The zero-order valence-corrected chi connectivity index (χ0v) is 21.2. The fourth-order valence-electron chi connectivity index (χ4n) is 6.51. The highest BCUT2D eigenvalue weighted by atomic mass is 16.5. The van der Waals surface area contributed by atoms with Crippen LogP contribution in [0.25, 0.3) is 0 Å². The van der Waals surface area contributed by atoms with Crippen molar-refractivity contribution >= 4 is 34.9 Å². The van der Waals surface area contributed by atoms with Crippen molar-refractivity contribution in [2.45, 2.75) is 56.5 Å². The number of morpholine rings is 1. The Bertz CT molecular complexity index is 1180. The predicted octanol–water partition coefficient (Wildman–Crippen LogP) is 3.89. The molecule has 11 nitrogen and oxygen atoms in total. The Labute approximate surface area is 217 Å². The van der Waals surface area contributed by atoms with Crippen LogP contribution in [0.1, 0.15) is 44.9 Å². The minimum absolute atomic E-state index is 0.0253. The van der Waals surface area contributed by atoms with Crippen LogP contribution in [0.5, 0.6) is 0 Å². The van der Waals surface area contributed by atoms with Crippen molar-refractivity contribution in [3.8, 4) is 0 Å². The molecule has 0 atom stereocenters. The number of rotatable bonds is 4. The molecule has 0 bridgehead atoms. The third-order valence-electron chi connectivity index (χ3n) is 8.56. The molecule has 5 aliphatic rings.